The number of oxazole rings is 1. The molecule has 2 aromatic heterocycles. The summed E-state index contributed by atoms with van der Waals surface area (Å²) in [6.07, 6.45) is 0.530. The maximum Gasteiger partial charge on any atom is 0.279 e. The predicted molar refractivity (Wildman–Crippen MR) is 90.0 cm³/mol. The summed E-state index contributed by atoms with van der Waals surface area (Å²) in [7, 11) is 0. The van der Waals surface area contributed by atoms with Crippen LogP contribution < -0.4 is 10.9 Å². The third-order valence-electron chi connectivity index (χ3n) is 3.02. The number of benzene rings is 1. The van der Waals surface area contributed by atoms with Gasteiger partial charge in [-0.25, -0.2) is 4.98 Å². The number of aryl methyl sites for hydroxylation is 1. The number of nitrogens with one attached hydrogen (secondary N) is 2. The Bertz CT molecular complexity index is 825. The molecule has 2 heterocycles. The highest BCUT2D eigenvalue weighted by atomic mass is 79.9. The van der Waals surface area contributed by atoms with E-state index in [0.717, 1.165) is 9.30 Å². The molecule has 0 radical (unpaired) electrons. The molecule has 118 valence electrons. The Morgan fingerprint density at radius 3 is 2.74 bits per heavy atom. The predicted octanol–water partition coefficient (Wildman–Crippen LogP) is 3.05. The fourth-order valence-electron chi connectivity index (χ4n) is 1.93. The third-order valence-corrected chi connectivity index (χ3v) is 4.64. The minimum Gasteiger partial charge on any atom is -0.441 e. The first-order chi connectivity index (χ1) is 11.1. The normalized spacial score (nSPS) is 10.7. The van der Waals surface area contributed by atoms with Crippen molar-refractivity contribution in [3.63, 3.8) is 0 Å². The fourth-order valence-corrected chi connectivity index (χ4v) is 3.22. The van der Waals surface area contributed by atoms with E-state index in [1.807, 2.05) is 24.3 Å². The second kappa shape index (κ2) is 6.93. The van der Waals surface area contributed by atoms with E-state index in [1.54, 1.807) is 12.1 Å². The minimum atomic E-state index is -0.351. The number of hydrogen-bond acceptors (Lipinski definition) is 5. The van der Waals surface area contributed by atoms with Crippen molar-refractivity contribution in [1.82, 2.24) is 15.8 Å². The first-order valence-electron chi connectivity index (χ1n) is 6.81. The maximum atomic E-state index is 11.8. The van der Waals surface area contributed by atoms with Gasteiger partial charge >= 0.3 is 0 Å². The molecule has 0 fully saturated rings. The summed E-state index contributed by atoms with van der Waals surface area (Å²) >= 11 is 4.57. The zero-order chi connectivity index (χ0) is 16.2. The molecule has 23 heavy (non-hydrogen) atoms. The standard InChI is InChI=1S/C15H12BrN3O3S/c16-12-6-5-11(23-12)15(21)19-18-13(20)7-8-14-17-9-3-1-2-4-10(9)22-14/h1-6H,7-8H2,(H,18,20)(H,19,21). The van der Waals surface area contributed by atoms with Gasteiger partial charge in [0.15, 0.2) is 11.5 Å². The molecule has 0 bridgehead atoms. The highest BCUT2D eigenvalue weighted by Crippen LogP contribution is 2.21. The molecule has 0 aliphatic heterocycles. The van der Waals surface area contributed by atoms with Crippen molar-refractivity contribution < 1.29 is 14.0 Å². The van der Waals surface area contributed by atoms with Gasteiger partial charge in [-0.3, -0.25) is 20.4 Å². The van der Waals surface area contributed by atoms with Crippen LogP contribution in [0.5, 0.6) is 0 Å². The molecule has 3 rings (SSSR count). The summed E-state index contributed by atoms with van der Waals surface area (Å²) in [6, 6.07) is 10.9. The van der Waals surface area contributed by atoms with Crippen LogP contribution in [0, 0.1) is 0 Å². The summed E-state index contributed by atoms with van der Waals surface area (Å²) in [5.74, 6) is -0.165. The summed E-state index contributed by atoms with van der Waals surface area (Å²) in [5, 5.41) is 0. The van der Waals surface area contributed by atoms with E-state index < -0.39 is 0 Å². The SMILES string of the molecule is O=C(CCc1nc2ccccc2o1)NNC(=O)c1ccc(Br)s1. The molecule has 3 aromatic rings. The molecule has 2 amide bonds. The van der Waals surface area contributed by atoms with E-state index in [9.17, 15) is 9.59 Å². The van der Waals surface area contributed by atoms with Gasteiger partial charge in [-0.2, -0.15) is 0 Å². The summed E-state index contributed by atoms with van der Waals surface area (Å²) in [4.78, 5) is 28.4. The molecular weight excluding hydrogens is 382 g/mol. The Morgan fingerprint density at radius 1 is 1.17 bits per heavy atom. The average Bonchev–Trinajstić information content (AvgIpc) is 3.16. The number of nitrogens with zero attached hydrogens (tertiary/aromatic N) is 1. The largest absolute Gasteiger partial charge is 0.441 e. The smallest absolute Gasteiger partial charge is 0.279 e. The Hall–Kier alpha value is -2.19. The van der Waals surface area contributed by atoms with Gasteiger partial charge in [0.25, 0.3) is 5.91 Å². The lowest BCUT2D eigenvalue weighted by Crippen LogP contribution is -2.41. The van der Waals surface area contributed by atoms with Crippen LogP contribution >= 0.6 is 27.3 Å². The molecule has 0 aliphatic rings. The van der Waals surface area contributed by atoms with Crippen molar-refractivity contribution in [2.75, 3.05) is 0 Å². The zero-order valence-corrected chi connectivity index (χ0v) is 14.2. The quantitative estimate of drug-likeness (QED) is 0.667. The Balaban J connectivity index is 1.48. The van der Waals surface area contributed by atoms with E-state index in [0.29, 0.717) is 22.8 Å². The van der Waals surface area contributed by atoms with Crippen molar-refractivity contribution in [3.05, 3.63) is 51.0 Å². The van der Waals surface area contributed by atoms with Crippen molar-refractivity contribution >= 4 is 50.2 Å². The number of amides is 2. The Kier molecular flexibility index (Phi) is 4.73. The second-order valence-corrected chi connectivity index (χ2v) is 7.14. The monoisotopic (exact) mass is 393 g/mol. The van der Waals surface area contributed by atoms with E-state index in [2.05, 4.69) is 31.8 Å². The molecular formula is C15H12BrN3O3S. The maximum absolute atomic E-state index is 11.8. The number of fused-ring (bicyclic) bond motifs is 1. The molecule has 6 nitrogen and oxygen atoms in total. The van der Waals surface area contributed by atoms with Crippen LogP contribution in [0.4, 0.5) is 0 Å². The number of halogens is 1. The number of aromatic nitrogens is 1. The lowest BCUT2D eigenvalue weighted by atomic mass is 10.3. The zero-order valence-electron chi connectivity index (χ0n) is 11.8. The number of hydrazine groups is 1. The molecule has 0 aliphatic carbocycles. The number of carbonyl (C=O) groups is 2. The molecule has 2 N–H and O–H groups in total. The Morgan fingerprint density at radius 2 is 2.00 bits per heavy atom. The van der Waals surface area contributed by atoms with Crippen LogP contribution in [0.1, 0.15) is 22.0 Å². The highest BCUT2D eigenvalue weighted by molar-refractivity contribution is 9.11. The number of hydrogen-bond donors (Lipinski definition) is 2. The van der Waals surface area contributed by atoms with Crippen LogP contribution in [0.2, 0.25) is 0 Å². The van der Waals surface area contributed by atoms with Gasteiger partial charge in [0.2, 0.25) is 5.91 Å². The average molecular weight is 394 g/mol. The van der Waals surface area contributed by atoms with Crippen molar-refractivity contribution in [2.45, 2.75) is 12.8 Å². The van der Waals surface area contributed by atoms with E-state index in [-0.39, 0.29) is 18.2 Å². The van der Waals surface area contributed by atoms with E-state index in [4.69, 9.17) is 4.42 Å². The summed E-state index contributed by atoms with van der Waals surface area (Å²) in [5.41, 5.74) is 6.21. The molecule has 0 spiro atoms. The highest BCUT2D eigenvalue weighted by Gasteiger charge is 2.11. The Labute approximate surface area is 144 Å². The van der Waals surface area contributed by atoms with E-state index in [1.165, 1.54) is 11.3 Å². The van der Waals surface area contributed by atoms with Gasteiger partial charge in [-0.1, -0.05) is 12.1 Å². The van der Waals surface area contributed by atoms with Crippen LogP contribution in [-0.2, 0) is 11.2 Å². The molecule has 8 heteroatoms. The first-order valence-corrected chi connectivity index (χ1v) is 8.42. The summed E-state index contributed by atoms with van der Waals surface area (Å²) in [6.45, 7) is 0. The molecule has 0 unspecified atom stereocenters. The van der Waals surface area contributed by atoms with Crippen LogP contribution in [0.3, 0.4) is 0 Å². The van der Waals surface area contributed by atoms with Crippen LogP contribution in [0.15, 0.2) is 44.6 Å². The van der Waals surface area contributed by atoms with Gasteiger partial charge in [0, 0.05) is 12.8 Å². The second-order valence-electron chi connectivity index (χ2n) is 4.68. The lowest BCUT2D eigenvalue weighted by Gasteiger charge is -2.05. The molecule has 0 saturated carbocycles. The van der Waals surface area contributed by atoms with Gasteiger partial charge < -0.3 is 4.42 Å². The van der Waals surface area contributed by atoms with Gasteiger partial charge in [-0.15, -0.1) is 11.3 Å². The summed E-state index contributed by atoms with van der Waals surface area (Å²) < 4.78 is 6.39. The van der Waals surface area contributed by atoms with Crippen LogP contribution in [-0.4, -0.2) is 16.8 Å². The van der Waals surface area contributed by atoms with Crippen molar-refractivity contribution in [3.8, 4) is 0 Å². The number of carbonyl (C=O) groups excluding carboxylic acids is 2. The van der Waals surface area contributed by atoms with Gasteiger partial charge in [0.05, 0.1) is 8.66 Å². The third kappa shape index (κ3) is 3.96. The fraction of sp³-hybridized carbons (Fsp3) is 0.133. The molecule has 0 atom stereocenters. The first kappa shape index (κ1) is 15.7. The topological polar surface area (TPSA) is 84.2 Å². The lowest BCUT2D eigenvalue weighted by molar-refractivity contribution is -0.121. The molecule has 0 saturated heterocycles. The molecule has 1 aromatic carbocycles. The van der Waals surface area contributed by atoms with Crippen LogP contribution in [0.25, 0.3) is 11.1 Å². The van der Waals surface area contributed by atoms with Crippen molar-refractivity contribution in [2.24, 2.45) is 0 Å². The van der Waals surface area contributed by atoms with Gasteiger partial charge in [-0.05, 0) is 40.2 Å². The minimum absolute atomic E-state index is 0.168. The number of para-hydroxylation sites is 2. The number of thiophene rings is 1. The van der Waals surface area contributed by atoms with Gasteiger partial charge in [0.1, 0.15) is 5.52 Å². The number of rotatable bonds is 4. The van der Waals surface area contributed by atoms with E-state index >= 15 is 0 Å². The van der Waals surface area contributed by atoms with Crippen molar-refractivity contribution in [1.29, 1.82) is 0 Å².